The molecule has 40 heavy (non-hydrogen) atoms. The highest BCUT2D eigenvalue weighted by molar-refractivity contribution is 6.24. The molecule has 208 valence electrons. The molecular formula is C30H30N2O8. The normalized spacial score (nSPS) is 30.0. The van der Waals surface area contributed by atoms with E-state index in [4.69, 9.17) is 5.73 Å². The maximum absolute atomic E-state index is 14.0. The lowest BCUT2D eigenvalue weighted by atomic mass is 9.54. The molecule has 0 aromatic heterocycles. The van der Waals surface area contributed by atoms with Gasteiger partial charge in [0.2, 0.25) is 5.78 Å². The highest BCUT2D eigenvalue weighted by Gasteiger charge is 2.68. The minimum Gasteiger partial charge on any atom is -0.508 e. The molecule has 2 aromatic rings. The van der Waals surface area contributed by atoms with Crippen molar-refractivity contribution in [2.45, 2.75) is 30.6 Å². The van der Waals surface area contributed by atoms with Gasteiger partial charge in [0, 0.05) is 17.1 Å². The molecule has 2 aromatic carbocycles. The van der Waals surface area contributed by atoms with Crippen molar-refractivity contribution in [3.05, 3.63) is 81.6 Å². The van der Waals surface area contributed by atoms with Crippen molar-refractivity contribution in [3.63, 3.8) is 0 Å². The first-order valence-corrected chi connectivity index (χ1v) is 12.8. The number of aliphatic hydroxyl groups excluding tert-OH is 3. The number of benzene rings is 2. The molecule has 5 rings (SSSR count). The molecule has 0 aliphatic heterocycles. The molecule has 1 saturated carbocycles. The van der Waals surface area contributed by atoms with Gasteiger partial charge < -0.3 is 31.3 Å². The van der Waals surface area contributed by atoms with Crippen LogP contribution in [-0.4, -0.2) is 79.7 Å². The first-order chi connectivity index (χ1) is 18.8. The topological polar surface area (TPSA) is 182 Å². The fourth-order valence-corrected chi connectivity index (χ4v) is 6.52. The Labute approximate surface area is 230 Å². The van der Waals surface area contributed by atoms with Gasteiger partial charge in [0.1, 0.15) is 22.8 Å². The number of fused-ring (bicyclic) bond motifs is 3. The van der Waals surface area contributed by atoms with Gasteiger partial charge in [-0.2, -0.15) is 0 Å². The molecule has 10 heteroatoms. The number of nitrogens with zero attached hydrogens (tertiary/aromatic N) is 1. The van der Waals surface area contributed by atoms with E-state index >= 15 is 0 Å². The number of primary amides is 1. The molecule has 0 spiro atoms. The largest absolute Gasteiger partial charge is 0.508 e. The third-order valence-corrected chi connectivity index (χ3v) is 8.42. The summed E-state index contributed by atoms with van der Waals surface area (Å²) in [4.78, 5) is 40.7. The van der Waals surface area contributed by atoms with Crippen LogP contribution in [0.1, 0.15) is 35.1 Å². The van der Waals surface area contributed by atoms with E-state index in [1.807, 2.05) is 30.3 Å². The van der Waals surface area contributed by atoms with Crippen LogP contribution in [0.3, 0.4) is 0 Å². The number of hydrogen-bond donors (Lipinski definition) is 6. The number of ketones is 2. The summed E-state index contributed by atoms with van der Waals surface area (Å²) in [5.74, 6) is -9.09. The Kier molecular flexibility index (Phi) is 6.45. The minimum atomic E-state index is -2.94. The van der Waals surface area contributed by atoms with Gasteiger partial charge in [0.25, 0.3) is 5.91 Å². The predicted molar refractivity (Wildman–Crippen MR) is 146 cm³/mol. The Balaban J connectivity index is 1.72. The van der Waals surface area contributed by atoms with Crippen molar-refractivity contribution in [1.29, 1.82) is 0 Å². The number of nitrogens with two attached hydrogens (primary N) is 1. The fraction of sp³-hybridized carbons (Fsp3) is 0.300. The van der Waals surface area contributed by atoms with Gasteiger partial charge >= 0.3 is 0 Å². The van der Waals surface area contributed by atoms with Crippen LogP contribution in [0.4, 0.5) is 0 Å². The van der Waals surface area contributed by atoms with Crippen molar-refractivity contribution in [1.82, 2.24) is 4.90 Å². The zero-order valence-corrected chi connectivity index (χ0v) is 22.1. The van der Waals surface area contributed by atoms with Crippen molar-refractivity contribution in [2.24, 2.45) is 17.6 Å². The number of Topliss-reactive ketones (excluding diaryl/α,β-unsaturated/α-hetero) is 2. The second-order valence-electron chi connectivity index (χ2n) is 10.8. The number of phenolic OH excluding ortho intramolecular Hbond substituents is 1. The van der Waals surface area contributed by atoms with E-state index < -0.39 is 75.6 Å². The highest BCUT2D eigenvalue weighted by atomic mass is 16.4. The molecule has 7 N–H and O–H groups in total. The van der Waals surface area contributed by atoms with E-state index in [0.717, 1.165) is 5.56 Å². The van der Waals surface area contributed by atoms with Crippen molar-refractivity contribution < 1.29 is 39.9 Å². The van der Waals surface area contributed by atoms with Crippen LogP contribution in [0.25, 0.3) is 17.9 Å². The third-order valence-electron chi connectivity index (χ3n) is 8.42. The average molecular weight is 547 g/mol. The first-order valence-electron chi connectivity index (χ1n) is 12.8. The molecule has 0 radical (unpaired) electrons. The summed E-state index contributed by atoms with van der Waals surface area (Å²) in [6.07, 6.45) is 1.77. The molecule has 1 unspecified atom stereocenters. The second-order valence-corrected chi connectivity index (χ2v) is 10.8. The Morgan fingerprint density at radius 3 is 2.27 bits per heavy atom. The lowest BCUT2D eigenvalue weighted by Gasteiger charge is -2.53. The van der Waals surface area contributed by atoms with Crippen LogP contribution in [0.15, 0.2) is 59.4 Å². The Bertz CT molecular complexity index is 1540. The van der Waals surface area contributed by atoms with E-state index in [1.165, 1.54) is 19.0 Å². The highest BCUT2D eigenvalue weighted by Crippen LogP contribution is 2.56. The monoisotopic (exact) mass is 546 g/mol. The summed E-state index contributed by atoms with van der Waals surface area (Å²) in [7, 11) is 2.93. The number of aliphatic hydroxyl groups is 4. The maximum Gasteiger partial charge on any atom is 0.255 e. The lowest BCUT2D eigenvalue weighted by molar-refractivity contribution is -0.169. The van der Waals surface area contributed by atoms with Gasteiger partial charge in [-0.25, -0.2) is 0 Å². The Hall–Kier alpha value is -4.25. The summed E-state index contributed by atoms with van der Waals surface area (Å²) >= 11 is 0. The molecule has 1 fully saturated rings. The zero-order valence-electron chi connectivity index (χ0n) is 22.1. The fourth-order valence-electron chi connectivity index (χ4n) is 6.52. The predicted octanol–water partition coefficient (Wildman–Crippen LogP) is 1.67. The van der Waals surface area contributed by atoms with Crippen LogP contribution in [0.5, 0.6) is 5.75 Å². The van der Waals surface area contributed by atoms with Crippen LogP contribution in [0, 0.1) is 11.8 Å². The van der Waals surface area contributed by atoms with E-state index in [1.54, 1.807) is 31.2 Å². The third kappa shape index (κ3) is 3.64. The van der Waals surface area contributed by atoms with Crippen molar-refractivity contribution in [3.8, 4) is 5.75 Å². The summed E-state index contributed by atoms with van der Waals surface area (Å²) < 4.78 is 0. The van der Waals surface area contributed by atoms with Gasteiger partial charge in [0.05, 0.1) is 23.6 Å². The minimum absolute atomic E-state index is 0.0498. The van der Waals surface area contributed by atoms with Gasteiger partial charge in [-0.1, -0.05) is 61.5 Å². The Morgan fingerprint density at radius 2 is 1.68 bits per heavy atom. The molecule has 3 aliphatic rings. The molecule has 3 aliphatic carbocycles. The van der Waals surface area contributed by atoms with Crippen LogP contribution >= 0.6 is 0 Å². The van der Waals surface area contributed by atoms with Gasteiger partial charge in [-0.15, -0.1) is 0 Å². The molecule has 0 saturated heterocycles. The van der Waals surface area contributed by atoms with Gasteiger partial charge in [-0.05, 0) is 31.1 Å². The smallest absolute Gasteiger partial charge is 0.255 e. The van der Waals surface area contributed by atoms with E-state index in [2.05, 4.69) is 0 Å². The average Bonchev–Trinajstić information content (AvgIpc) is 2.90. The molecule has 6 atom stereocenters. The number of aromatic hydroxyl groups is 1. The lowest BCUT2D eigenvalue weighted by Crippen LogP contribution is -2.70. The van der Waals surface area contributed by atoms with Crippen LogP contribution in [0.2, 0.25) is 0 Å². The number of phenols is 1. The van der Waals surface area contributed by atoms with E-state index in [0.29, 0.717) is 11.1 Å². The summed E-state index contributed by atoms with van der Waals surface area (Å²) in [5, 5.41) is 57.0. The number of hydrogen-bond acceptors (Lipinski definition) is 9. The summed E-state index contributed by atoms with van der Waals surface area (Å²) in [6, 6.07) is 11.3. The van der Waals surface area contributed by atoms with E-state index in [-0.39, 0.29) is 11.3 Å². The molecule has 0 bridgehead atoms. The number of rotatable bonds is 4. The number of carbonyl (C=O) groups excluding carboxylic acids is 3. The second kappa shape index (κ2) is 9.44. The van der Waals surface area contributed by atoms with Crippen molar-refractivity contribution in [2.75, 3.05) is 14.1 Å². The molecule has 10 nitrogen and oxygen atoms in total. The van der Waals surface area contributed by atoms with Crippen molar-refractivity contribution >= 4 is 35.4 Å². The number of carbonyl (C=O) groups is 3. The Morgan fingerprint density at radius 1 is 1.02 bits per heavy atom. The molecule has 0 heterocycles. The van der Waals surface area contributed by atoms with Crippen LogP contribution < -0.4 is 5.73 Å². The standard InChI is InChI=1S/C30H30N2O8/c1-13-16-12-11-15(10-9-14-7-5-4-6-8-14)23(33)18(16)24(34)19-17(13)25(35)21-22(32(2)3)26(36)20(29(31)39)28(38)30(21,40)27(19)37/h4-13,17,21-22,25,33-35,38,40H,1-3H3,(H2,31,39)/b10-9+/t13-,17+,21+,22?,25-,30-/m0/s1. The van der Waals surface area contributed by atoms with Gasteiger partial charge in [-0.3, -0.25) is 19.3 Å². The number of amides is 1. The quantitative estimate of drug-likeness (QED) is 0.245. The van der Waals surface area contributed by atoms with E-state index in [9.17, 15) is 39.9 Å². The van der Waals surface area contributed by atoms with Gasteiger partial charge in [0.15, 0.2) is 11.4 Å². The summed E-state index contributed by atoms with van der Waals surface area (Å²) in [6.45, 7) is 1.69. The molecule has 1 amide bonds. The molecular weight excluding hydrogens is 516 g/mol. The van der Waals surface area contributed by atoms with Crippen LogP contribution in [-0.2, 0) is 14.4 Å². The summed E-state index contributed by atoms with van der Waals surface area (Å²) in [5.41, 5.74) is 2.63. The SMILES string of the molecule is C[C@H]1c2ccc(/C=C/c3ccccc3)c(O)c2C(O)=C2C(=O)[C@]3(O)C(O)=C(C(N)=O)C(=O)C(N(C)C)[C@@H]3[C@@H](O)[C@@H]21. The first kappa shape index (κ1) is 27.3. The zero-order chi connectivity index (χ0) is 29.3. The number of likely N-dealkylation sites (N-methyl/N-ethyl adjacent to an activating group) is 1. The maximum atomic E-state index is 14.0.